The highest BCUT2D eigenvalue weighted by molar-refractivity contribution is 5.88. The molecule has 1 unspecified atom stereocenters. The van der Waals surface area contributed by atoms with Crippen LogP contribution in [0.3, 0.4) is 0 Å². The Morgan fingerprint density at radius 3 is 2.73 bits per heavy atom. The van der Waals surface area contributed by atoms with E-state index in [4.69, 9.17) is 4.52 Å². The van der Waals surface area contributed by atoms with Gasteiger partial charge in [0.05, 0.1) is 5.69 Å². The predicted octanol–water partition coefficient (Wildman–Crippen LogP) is 4.53. The van der Waals surface area contributed by atoms with E-state index < -0.39 is 11.6 Å². The van der Waals surface area contributed by atoms with Crippen molar-refractivity contribution in [2.75, 3.05) is 18.4 Å². The molecule has 0 bridgehead atoms. The summed E-state index contributed by atoms with van der Waals surface area (Å²) >= 11 is 0. The van der Waals surface area contributed by atoms with Gasteiger partial charge >= 0.3 is 6.03 Å². The second kappa shape index (κ2) is 7.27. The fourth-order valence-corrected chi connectivity index (χ4v) is 2.97. The minimum atomic E-state index is -0.860. The first-order chi connectivity index (χ1) is 12.3. The molecule has 7 heteroatoms. The van der Waals surface area contributed by atoms with E-state index in [9.17, 15) is 13.6 Å². The van der Waals surface area contributed by atoms with Crippen molar-refractivity contribution >= 4 is 18.0 Å². The number of amides is 2. The van der Waals surface area contributed by atoms with E-state index in [0.717, 1.165) is 22.9 Å². The molecule has 1 N–H and O–H groups in total. The number of nitrogens with one attached hydrogen (secondary N) is 1. The molecule has 0 radical (unpaired) electrons. The Morgan fingerprint density at radius 2 is 2.12 bits per heavy atom. The van der Waals surface area contributed by atoms with Crippen LogP contribution in [0.4, 0.5) is 19.5 Å². The summed E-state index contributed by atoms with van der Waals surface area (Å²) in [5, 5.41) is 6.57. The van der Waals surface area contributed by atoms with Gasteiger partial charge in [0.2, 0.25) is 5.88 Å². The van der Waals surface area contributed by atoms with E-state index in [1.165, 1.54) is 6.07 Å². The third-order valence-electron chi connectivity index (χ3n) is 4.76. The van der Waals surface area contributed by atoms with Crippen LogP contribution >= 0.6 is 0 Å². The molecule has 1 aliphatic rings. The average Bonchev–Trinajstić information content (AvgIpc) is 2.92. The first kappa shape index (κ1) is 18.1. The molecule has 3 rings (SSSR count). The normalized spacial score (nSPS) is 19.0. The van der Waals surface area contributed by atoms with Crippen LogP contribution in [-0.4, -0.2) is 29.2 Å². The number of aryl methyl sites for hydroxylation is 1. The van der Waals surface area contributed by atoms with E-state index in [2.05, 4.69) is 10.5 Å². The molecule has 2 amide bonds. The van der Waals surface area contributed by atoms with Crippen LogP contribution < -0.4 is 5.32 Å². The smallest absolute Gasteiger partial charge is 0.324 e. The number of hydrogen-bond acceptors (Lipinski definition) is 3. The summed E-state index contributed by atoms with van der Waals surface area (Å²) in [5.41, 5.74) is 3.27. The van der Waals surface area contributed by atoms with Crippen LogP contribution in [0.5, 0.6) is 0 Å². The maximum atomic E-state index is 13.4. The number of aromatic nitrogens is 1. The van der Waals surface area contributed by atoms with E-state index in [0.29, 0.717) is 31.0 Å². The molecular formula is C19H21F2N3O2. The van der Waals surface area contributed by atoms with Crippen LogP contribution in [0, 0.1) is 31.4 Å². The molecular weight excluding hydrogens is 340 g/mol. The highest BCUT2D eigenvalue weighted by atomic mass is 19.2. The Bertz CT molecular complexity index is 860. The molecule has 1 aliphatic heterocycles. The van der Waals surface area contributed by atoms with Gasteiger partial charge in [0.1, 0.15) is 0 Å². The Labute approximate surface area is 150 Å². The number of hydrogen-bond donors (Lipinski definition) is 1. The molecule has 5 nitrogen and oxygen atoms in total. The molecule has 1 saturated heterocycles. The number of nitrogens with zero attached hydrogens (tertiary/aromatic N) is 2. The lowest BCUT2D eigenvalue weighted by molar-refractivity contribution is 0.197. The predicted molar refractivity (Wildman–Crippen MR) is 94.7 cm³/mol. The van der Waals surface area contributed by atoms with Crippen LogP contribution in [0.15, 0.2) is 28.3 Å². The largest absolute Gasteiger partial charge is 0.338 e. The fraction of sp³-hybridized carbons (Fsp3) is 0.368. The summed E-state index contributed by atoms with van der Waals surface area (Å²) < 4.78 is 31.5. The summed E-state index contributed by atoms with van der Waals surface area (Å²) in [6.07, 6.45) is 2.54. The van der Waals surface area contributed by atoms with Crippen LogP contribution in [-0.2, 0) is 0 Å². The van der Waals surface area contributed by atoms with Gasteiger partial charge in [-0.3, -0.25) is 5.32 Å². The molecule has 0 spiro atoms. The second-order valence-electron chi connectivity index (χ2n) is 6.64. The third-order valence-corrected chi connectivity index (χ3v) is 4.76. The molecule has 138 valence electrons. The monoisotopic (exact) mass is 361 g/mol. The number of benzene rings is 1. The zero-order valence-corrected chi connectivity index (χ0v) is 15.0. The maximum Gasteiger partial charge on any atom is 0.324 e. The molecule has 1 fully saturated rings. The molecule has 1 atom stereocenters. The lowest BCUT2D eigenvalue weighted by Gasteiger charge is -2.33. The Hall–Kier alpha value is -2.70. The molecule has 26 heavy (non-hydrogen) atoms. The summed E-state index contributed by atoms with van der Waals surface area (Å²) in [6, 6.07) is 3.62. The van der Waals surface area contributed by atoms with E-state index in [1.807, 2.05) is 26.8 Å². The van der Waals surface area contributed by atoms with Gasteiger partial charge in [0.25, 0.3) is 0 Å². The number of carbonyl (C=O) groups excluding carboxylic acids is 1. The van der Waals surface area contributed by atoms with Gasteiger partial charge in [-0.2, -0.15) is 0 Å². The number of piperidine rings is 1. The summed E-state index contributed by atoms with van der Waals surface area (Å²) in [7, 11) is 0. The summed E-state index contributed by atoms with van der Waals surface area (Å²) in [4.78, 5) is 14.2. The van der Waals surface area contributed by atoms with Gasteiger partial charge in [-0.1, -0.05) is 29.8 Å². The number of anilines is 1. The Morgan fingerprint density at radius 1 is 1.35 bits per heavy atom. The van der Waals surface area contributed by atoms with Gasteiger partial charge in [-0.05, 0) is 43.9 Å². The van der Waals surface area contributed by atoms with Crippen molar-refractivity contribution in [1.29, 1.82) is 0 Å². The fourth-order valence-electron chi connectivity index (χ4n) is 2.97. The topological polar surface area (TPSA) is 58.4 Å². The Balaban J connectivity index is 1.66. The number of carbonyl (C=O) groups is 1. The van der Waals surface area contributed by atoms with Gasteiger partial charge in [0, 0.05) is 18.7 Å². The summed E-state index contributed by atoms with van der Waals surface area (Å²) in [5.74, 6) is -1.24. The lowest BCUT2D eigenvalue weighted by atomic mass is 9.91. The standard InChI is InChI=1S/C19H21F2N3O2/c1-11-10-24(19(25)22-18-12(2)13(3)23-26-18)7-6-15(11)8-14-4-5-16(20)17(21)9-14/h4-5,8-9,11H,6-7,10H2,1-3H3,(H,22,25). The first-order valence-electron chi connectivity index (χ1n) is 8.49. The van der Waals surface area contributed by atoms with Crippen LogP contribution in [0.1, 0.15) is 30.2 Å². The van der Waals surface area contributed by atoms with Gasteiger partial charge < -0.3 is 9.42 Å². The van der Waals surface area contributed by atoms with Crippen molar-refractivity contribution in [3.63, 3.8) is 0 Å². The minimum absolute atomic E-state index is 0.111. The highest BCUT2D eigenvalue weighted by Gasteiger charge is 2.25. The van der Waals surface area contributed by atoms with Crippen LogP contribution in [0.2, 0.25) is 0 Å². The van der Waals surface area contributed by atoms with Crippen molar-refractivity contribution in [3.05, 3.63) is 52.2 Å². The quantitative estimate of drug-likeness (QED) is 0.855. The van der Waals surface area contributed by atoms with Crippen LogP contribution in [0.25, 0.3) is 6.08 Å². The summed E-state index contributed by atoms with van der Waals surface area (Å²) in [6.45, 7) is 6.73. The van der Waals surface area contributed by atoms with Gasteiger partial charge in [-0.15, -0.1) is 0 Å². The SMILES string of the molecule is Cc1noc(NC(=O)N2CCC(=Cc3ccc(F)c(F)c3)C(C)C2)c1C. The highest BCUT2D eigenvalue weighted by Crippen LogP contribution is 2.26. The number of likely N-dealkylation sites (tertiary alicyclic amines) is 1. The molecule has 0 saturated carbocycles. The van der Waals surface area contributed by atoms with E-state index >= 15 is 0 Å². The number of halogens is 2. The minimum Gasteiger partial charge on any atom is -0.338 e. The molecule has 0 aliphatic carbocycles. The first-order valence-corrected chi connectivity index (χ1v) is 8.49. The average molecular weight is 361 g/mol. The lowest BCUT2D eigenvalue weighted by Crippen LogP contribution is -2.42. The zero-order chi connectivity index (χ0) is 18.8. The zero-order valence-electron chi connectivity index (χ0n) is 15.0. The second-order valence-corrected chi connectivity index (χ2v) is 6.64. The van der Waals surface area contributed by atoms with E-state index in [-0.39, 0.29) is 11.9 Å². The molecule has 2 aromatic rings. The van der Waals surface area contributed by atoms with Crippen molar-refractivity contribution in [3.8, 4) is 0 Å². The number of rotatable bonds is 2. The van der Waals surface area contributed by atoms with Crippen molar-refractivity contribution in [1.82, 2.24) is 10.1 Å². The molecule has 2 heterocycles. The number of urea groups is 1. The third kappa shape index (κ3) is 3.76. The molecule has 1 aromatic carbocycles. The molecule has 1 aromatic heterocycles. The van der Waals surface area contributed by atoms with Gasteiger partial charge in [-0.25, -0.2) is 13.6 Å². The van der Waals surface area contributed by atoms with Gasteiger partial charge in [0.15, 0.2) is 11.6 Å². The van der Waals surface area contributed by atoms with E-state index in [1.54, 1.807) is 11.0 Å². The van der Waals surface area contributed by atoms with Crippen molar-refractivity contribution in [2.24, 2.45) is 5.92 Å². The maximum absolute atomic E-state index is 13.4. The Kier molecular flexibility index (Phi) is 5.06. The van der Waals surface area contributed by atoms with Crippen molar-refractivity contribution < 1.29 is 18.1 Å². The van der Waals surface area contributed by atoms with Crippen molar-refractivity contribution in [2.45, 2.75) is 27.2 Å².